The number of rotatable bonds is 3. The van der Waals surface area contributed by atoms with Crippen LogP contribution in [-0.4, -0.2) is 13.6 Å². The van der Waals surface area contributed by atoms with Crippen LogP contribution < -0.4 is 5.32 Å². The Morgan fingerprint density at radius 2 is 2.43 bits per heavy atom. The molecule has 0 aliphatic rings. The topological polar surface area (TPSA) is 12.0 Å². The molecule has 0 unspecified atom stereocenters. The molecule has 0 aliphatic carbocycles. The molecule has 0 heterocycles. The summed E-state index contributed by atoms with van der Waals surface area (Å²) in [6, 6.07) is 0. The summed E-state index contributed by atoms with van der Waals surface area (Å²) in [6.45, 7) is 1.06. The maximum absolute atomic E-state index is 3.17. The summed E-state index contributed by atoms with van der Waals surface area (Å²) in [5, 5.41) is 3.03. The molecular formula is C5H10BrN. The number of hydrogen-bond donors (Lipinski definition) is 1. The van der Waals surface area contributed by atoms with Crippen LogP contribution in [0.4, 0.5) is 0 Å². The molecule has 0 aromatic rings. The van der Waals surface area contributed by atoms with E-state index >= 15 is 0 Å². The second-order valence-corrected chi connectivity index (χ2v) is 1.78. The highest BCUT2D eigenvalue weighted by Gasteiger charge is 1.71. The lowest BCUT2D eigenvalue weighted by atomic mass is 10.4. The van der Waals surface area contributed by atoms with Gasteiger partial charge in [0.15, 0.2) is 0 Å². The van der Waals surface area contributed by atoms with Crippen molar-refractivity contribution in [2.24, 2.45) is 0 Å². The van der Waals surface area contributed by atoms with Crippen LogP contribution >= 0.6 is 15.9 Å². The summed E-state index contributed by atoms with van der Waals surface area (Å²) in [6.07, 6.45) is 3.16. The van der Waals surface area contributed by atoms with Crippen molar-refractivity contribution in [1.29, 1.82) is 0 Å². The van der Waals surface area contributed by atoms with Crippen molar-refractivity contribution in [3.63, 3.8) is 0 Å². The zero-order valence-corrected chi connectivity index (χ0v) is 6.03. The SMILES string of the molecule is CNCC/C=C/Br. The third-order valence-electron chi connectivity index (χ3n) is 0.650. The number of nitrogens with one attached hydrogen (secondary N) is 1. The van der Waals surface area contributed by atoms with Gasteiger partial charge in [0, 0.05) is 0 Å². The highest BCUT2D eigenvalue weighted by atomic mass is 79.9. The molecule has 0 saturated heterocycles. The molecule has 0 amide bonds. The van der Waals surface area contributed by atoms with Gasteiger partial charge in [-0.1, -0.05) is 22.0 Å². The normalized spacial score (nSPS) is 10.6. The number of halogens is 1. The highest BCUT2D eigenvalue weighted by Crippen LogP contribution is 1.84. The monoisotopic (exact) mass is 163 g/mol. The first-order valence-corrected chi connectivity index (χ1v) is 3.23. The Hall–Kier alpha value is 0.180. The van der Waals surface area contributed by atoms with E-state index in [0.717, 1.165) is 13.0 Å². The minimum absolute atomic E-state index is 1.06. The van der Waals surface area contributed by atoms with Gasteiger partial charge in [-0.05, 0) is 25.0 Å². The molecule has 0 aliphatic heterocycles. The zero-order valence-electron chi connectivity index (χ0n) is 4.45. The molecule has 0 radical (unpaired) electrons. The molecule has 0 saturated carbocycles. The first kappa shape index (κ1) is 7.18. The van der Waals surface area contributed by atoms with Crippen LogP contribution in [0.15, 0.2) is 11.1 Å². The van der Waals surface area contributed by atoms with E-state index in [0.29, 0.717) is 0 Å². The molecule has 1 nitrogen and oxygen atoms in total. The zero-order chi connectivity index (χ0) is 5.54. The third kappa shape index (κ3) is 6.18. The summed E-state index contributed by atoms with van der Waals surface area (Å²) >= 11 is 3.17. The Balaban J connectivity index is 2.69. The smallest absolute Gasteiger partial charge is 0.00170 e. The lowest BCUT2D eigenvalue weighted by Gasteiger charge is -1.87. The summed E-state index contributed by atoms with van der Waals surface area (Å²) < 4.78 is 0. The van der Waals surface area contributed by atoms with Crippen LogP contribution in [-0.2, 0) is 0 Å². The van der Waals surface area contributed by atoms with E-state index in [2.05, 4.69) is 27.3 Å². The fraction of sp³-hybridized carbons (Fsp3) is 0.600. The average molecular weight is 164 g/mol. The van der Waals surface area contributed by atoms with Crippen molar-refractivity contribution in [3.05, 3.63) is 11.1 Å². The van der Waals surface area contributed by atoms with Crippen molar-refractivity contribution < 1.29 is 0 Å². The fourth-order valence-corrected chi connectivity index (χ4v) is 0.555. The Labute approximate surface area is 52.9 Å². The molecular weight excluding hydrogens is 154 g/mol. The lowest BCUT2D eigenvalue weighted by molar-refractivity contribution is 0.808. The van der Waals surface area contributed by atoms with Gasteiger partial charge in [0.2, 0.25) is 0 Å². The molecule has 1 N–H and O–H groups in total. The molecule has 0 aromatic heterocycles. The molecule has 0 atom stereocenters. The van der Waals surface area contributed by atoms with Crippen molar-refractivity contribution in [2.45, 2.75) is 6.42 Å². The van der Waals surface area contributed by atoms with Crippen molar-refractivity contribution in [1.82, 2.24) is 5.32 Å². The molecule has 7 heavy (non-hydrogen) atoms. The van der Waals surface area contributed by atoms with E-state index in [1.807, 2.05) is 12.0 Å². The van der Waals surface area contributed by atoms with Crippen molar-refractivity contribution in [3.8, 4) is 0 Å². The molecule has 2 heteroatoms. The largest absolute Gasteiger partial charge is 0.319 e. The van der Waals surface area contributed by atoms with Crippen LogP contribution in [0.1, 0.15) is 6.42 Å². The predicted molar refractivity (Wildman–Crippen MR) is 36.6 cm³/mol. The summed E-state index contributed by atoms with van der Waals surface area (Å²) in [5.41, 5.74) is 0. The first-order chi connectivity index (χ1) is 3.41. The second kappa shape index (κ2) is 6.18. The fourth-order valence-electron chi connectivity index (χ4n) is 0.291. The molecule has 42 valence electrons. The van der Waals surface area contributed by atoms with Gasteiger partial charge < -0.3 is 5.32 Å². The quantitative estimate of drug-likeness (QED) is 0.623. The second-order valence-electron chi connectivity index (χ2n) is 1.25. The van der Waals surface area contributed by atoms with Gasteiger partial charge in [-0.25, -0.2) is 0 Å². The van der Waals surface area contributed by atoms with Gasteiger partial charge in [0.05, 0.1) is 0 Å². The van der Waals surface area contributed by atoms with E-state index in [4.69, 9.17) is 0 Å². The molecule has 0 fully saturated rings. The maximum atomic E-state index is 3.17. The van der Waals surface area contributed by atoms with Crippen LogP contribution in [0.25, 0.3) is 0 Å². The molecule has 0 bridgehead atoms. The van der Waals surface area contributed by atoms with E-state index in [1.54, 1.807) is 0 Å². The van der Waals surface area contributed by atoms with Crippen molar-refractivity contribution >= 4 is 15.9 Å². The summed E-state index contributed by atoms with van der Waals surface area (Å²) in [4.78, 5) is 1.88. The maximum Gasteiger partial charge on any atom is -0.00170 e. The van der Waals surface area contributed by atoms with Gasteiger partial charge in [-0.15, -0.1) is 0 Å². The van der Waals surface area contributed by atoms with Gasteiger partial charge in [0.1, 0.15) is 0 Å². The van der Waals surface area contributed by atoms with Crippen LogP contribution in [0.3, 0.4) is 0 Å². The van der Waals surface area contributed by atoms with Gasteiger partial charge in [0.25, 0.3) is 0 Å². The van der Waals surface area contributed by atoms with E-state index < -0.39 is 0 Å². The minimum Gasteiger partial charge on any atom is -0.319 e. The van der Waals surface area contributed by atoms with Crippen molar-refractivity contribution in [2.75, 3.05) is 13.6 Å². The van der Waals surface area contributed by atoms with Gasteiger partial charge >= 0.3 is 0 Å². The predicted octanol–water partition coefficient (Wildman–Crippen LogP) is 1.50. The lowest BCUT2D eigenvalue weighted by Crippen LogP contribution is -2.05. The van der Waals surface area contributed by atoms with Crippen LogP contribution in [0.2, 0.25) is 0 Å². The number of hydrogen-bond acceptors (Lipinski definition) is 1. The highest BCUT2D eigenvalue weighted by molar-refractivity contribution is 9.11. The summed E-state index contributed by atoms with van der Waals surface area (Å²) in [5.74, 6) is 0. The average Bonchev–Trinajstić information content (AvgIpc) is 1.69. The molecule has 0 rings (SSSR count). The third-order valence-corrected chi connectivity index (χ3v) is 1.02. The Morgan fingerprint density at radius 3 is 2.86 bits per heavy atom. The minimum atomic E-state index is 1.06. The Morgan fingerprint density at radius 1 is 1.71 bits per heavy atom. The Kier molecular flexibility index (Phi) is 6.34. The summed E-state index contributed by atoms with van der Waals surface area (Å²) in [7, 11) is 1.95. The Bertz CT molecular complexity index is 52.0. The van der Waals surface area contributed by atoms with Crippen LogP contribution in [0, 0.1) is 0 Å². The van der Waals surface area contributed by atoms with E-state index in [9.17, 15) is 0 Å². The first-order valence-electron chi connectivity index (χ1n) is 2.31. The van der Waals surface area contributed by atoms with Gasteiger partial charge in [-0.3, -0.25) is 0 Å². The van der Waals surface area contributed by atoms with Crippen LogP contribution in [0.5, 0.6) is 0 Å². The van der Waals surface area contributed by atoms with E-state index in [-0.39, 0.29) is 0 Å². The molecule has 0 aromatic carbocycles. The van der Waals surface area contributed by atoms with E-state index in [1.165, 1.54) is 0 Å². The standard InChI is InChI=1S/C5H10BrN/c1-7-5-3-2-4-6/h2,4,7H,3,5H2,1H3/b4-2+. The molecule has 0 spiro atoms. The van der Waals surface area contributed by atoms with Gasteiger partial charge in [-0.2, -0.15) is 0 Å².